The lowest BCUT2D eigenvalue weighted by Crippen LogP contribution is -2.23. The third kappa shape index (κ3) is 2.71. The molecule has 1 amide bonds. The molecule has 0 saturated carbocycles. The second kappa shape index (κ2) is 5.49. The molecule has 2 aromatic heterocycles. The molecule has 0 saturated heterocycles. The van der Waals surface area contributed by atoms with Crippen molar-refractivity contribution in [3.05, 3.63) is 58.8 Å². The normalized spacial score (nSPS) is 10.8. The van der Waals surface area contributed by atoms with Gasteiger partial charge in [-0.1, -0.05) is 17.7 Å². The van der Waals surface area contributed by atoms with Crippen LogP contribution in [0.4, 0.5) is 4.39 Å². The summed E-state index contributed by atoms with van der Waals surface area (Å²) in [6, 6.07) is 7.71. The lowest BCUT2D eigenvalue weighted by molar-refractivity contribution is 0.0949. The topological polar surface area (TPSA) is 70.7 Å². The Balaban J connectivity index is 1.75. The van der Waals surface area contributed by atoms with Gasteiger partial charge in [0.2, 0.25) is 0 Å². The highest BCUT2D eigenvalue weighted by Gasteiger charge is 2.13. The zero-order valence-corrected chi connectivity index (χ0v) is 11.5. The summed E-state index contributed by atoms with van der Waals surface area (Å²) < 4.78 is 13.3. The van der Waals surface area contributed by atoms with Crippen molar-refractivity contribution in [3.8, 4) is 0 Å². The number of carbonyl (C=O) groups excluding carboxylic acids is 1. The highest BCUT2D eigenvalue weighted by molar-refractivity contribution is 6.34. The van der Waals surface area contributed by atoms with Crippen molar-refractivity contribution in [2.24, 2.45) is 0 Å². The van der Waals surface area contributed by atoms with Crippen molar-refractivity contribution in [2.75, 3.05) is 0 Å². The van der Waals surface area contributed by atoms with Gasteiger partial charge in [0.15, 0.2) is 5.65 Å². The number of fused-ring (bicyclic) bond motifs is 1. The summed E-state index contributed by atoms with van der Waals surface area (Å²) in [6.07, 6.45) is 1.64. The number of halogens is 2. The van der Waals surface area contributed by atoms with Gasteiger partial charge in [0.05, 0.1) is 22.6 Å². The molecular formula is C14H10ClFN4O. The van der Waals surface area contributed by atoms with E-state index in [2.05, 4.69) is 20.3 Å². The summed E-state index contributed by atoms with van der Waals surface area (Å²) in [5, 5.41) is 2.44. The van der Waals surface area contributed by atoms with E-state index in [1.54, 1.807) is 12.3 Å². The molecule has 106 valence electrons. The van der Waals surface area contributed by atoms with Crippen molar-refractivity contribution in [1.82, 2.24) is 20.3 Å². The number of benzene rings is 1. The highest BCUT2D eigenvalue weighted by Crippen LogP contribution is 2.19. The van der Waals surface area contributed by atoms with Crippen molar-refractivity contribution >= 4 is 28.7 Å². The summed E-state index contributed by atoms with van der Waals surface area (Å²) in [7, 11) is 0. The number of carbonyl (C=O) groups is 1. The molecule has 7 heteroatoms. The van der Waals surface area contributed by atoms with Gasteiger partial charge in [0, 0.05) is 6.20 Å². The Bertz CT molecular complexity index is 785. The van der Waals surface area contributed by atoms with Crippen LogP contribution in [0.3, 0.4) is 0 Å². The third-order valence-corrected chi connectivity index (χ3v) is 3.30. The predicted octanol–water partition coefficient (Wildman–Crippen LogP) is 2.68. The number of hydrogen-bond donors (Lipinski definition) is 2. The van der Waals surface area contributed by atoms with Gasteiger partial charge >= 0.3 is 0 Å². The molecule has 3 rings (SSSR count). The lowest BCUT2D eigenvalue weighted by atomic mass is 10.2. The number of pyridine rings is 1. The Hall–Kier alpha value is -2.47. The van der Waals surface area contributed by atoms with Crippen molar-refractivity contribution in [1.29, 1.82) is 0 Å². The van der Waals surface area contributed by atoms with E-state index in [9.17, 15) is 9.18 Å². The fraction of sp³-hybridized carbons (Fsp3) is 0.0714. The van der Waals surface area contributed by atoms with E-state index in [0.29, 0.717) is 11.5 Å². The molecule has 5 nitrogen and oxygen atoms in total. The fourth-order valence-electron chi connectivity index (χ4n) is 1.92. The molecule has 0 atom stereocenters. The van der Waals surface area contributed by atoms with Crippen LogP contribution in [0.25, 0.3) is 11.2 Å². The van der Waals surface area contributed by atoms with Gasteiger partial charge in [0.25, 0.3) is 5.91 Å². The van der Waals surface area contributed by atoms with Gasteiger partial charge in [-0.05, 0) is 24.3 Å². The largest absolute Gasteiger partial charge is 0.345 e. The van der Waals surface area contributed by atoms with Crippen LogP contribution in [0.15, 0.2) is 36.5 Å². The van der Waals surface area contributed by atoms with E-state index in [-0.39, 0.29) is 17.1 Å². The minimum atomic E-state index is -0.628. The fourth-order valence-corrected chi connectivity index (χ4v) is 2.13. The maximum atomic E-state index is 13.3. The van der Waals surface area contributed by atoms with Gasteiger partial charge in [-0.2, -0.15) is 0 Å². The highest BCUT2D eigenvalue weighted by atomic mass is 35.5. The number of aromatic nitrogens is 3. The van der Waals surface area contributed by atoms with Crippen LogP contribution in [0.2, 0.25) is 5.02 Å². The van der Waals surface area contributed by atoms with Gasteiger partial charge in [-0.3, -0.25) is 4.79 Å². The van der Waals surface area contributed by atoms with E-state index in [1.165, 1.54) is 18.2 Å². The van der Waals surface area contributed by atoms with E-state index in [4.69, 9.17) is 11.6 Å². The summed E-state index contributed by atoms with van der Waals surface area (Å²) in [5.74, 6) is -0.533. The van der Waals surface area contributed by atoms with Crippen molar-refractivity contribution < 1.29 is 9.18 Å². The molecule has 0 aliphatic heterocycles. The average molecular weight is 305 g/mol. The average Bonchev–Trinajstić information content (AvgIpc) is 2.90. The number of nitrogens with one attached hydrogen (secondary N) is 2. The third-order valence-electron chi connectivity index (χ3n) is 2.92. The second-order valence-corrected chi connectivity index (χ2v) is 4.72. The van der Waals surface area contributed by atoms with Crippen molar-refractivity contribution in [2.45, 2.75) is 6.54 Å². The maximum absolute atomic E-state index is 13.3. The van der Waals surface area contributed by atoms with Crippen molar-refractivity contribution in [3.63, 3.8) is 0 Å². The zero-order valence-electron chi connectivity index (χ0n) is 10.7. The first-order valence-corrected chi connectivity index (χ1v) is 6.55. The molecule has 0 aliphatic carbocycles. The van der Waals surface area contributed by atoms with Gasteiger partial charge < -0.3 is 10.3 Å². The maximum Gasteiger partial charge on any atom is 0.253 e. The number of aromatic amines is 1. The molecule has 0 radical (unpaired) electrons. The molecule has 21 heavy (non-hydrogen) atoms. The molecular weight excluding hydrogens is 295 g/mol. The monoisotopic (exact) mass is 304 g/mol. The van der Waals surface area contributed by atoms with Crippen LogP contribution in [0.5, 0.6) is 0 Å². The summed E-state index contributed by atoms with van der Waals surface area (Å²) >= 11 is 5.76. The van der Waals surface area contributed by atoms with Crippen LogP contribution in [-0.2, 0) is 6.54 Å². The molecule has 0 bridgehead atoms. The van der Waals surface area contributed by atoms with Crippen LogP contribution in [-0.4, -0.2) is 20.9 Å². The van der Waals surface area contributed by atoms with E-state index >= 15 is 0 Å². The van der Waals surface area contributed by atoms with E-state index in [0.717, 1.165) is 5.52 Å². The number of imidazole rings is 1. The molecule has 0 aliphatic rings. The minimum Gasteiger partial charge on any atom is -0.345 e. The second-order valence-electron chi connectivity index (χ2n) is 4.34. The molecule has 2 N–H and O–H groups in total. The number of rotatable bonds is 3. The first kappa shape index (κ1) is 13.5. The summed E-state index contributed by atoms with van der Waals surface area (Å²) in [4.78, 5) is 23.3. The Morgan fingerprint density at radius 3 is 3.00 bits per heavy atom. The smallest absolute Gasteiger partial charge is 0.253 e. The van der Waals surface area contributed by atoms with Crippen LogP contribution >= 0.6 is 11.6 Å². The van der Waals surface area contributed by atoms with E-state index < -0.39 is 11.7 Å². The lowest BCUT2D eigenvalue weighted by Gasteiger charge is -2.05. The van der Waals surface area contributed by atoms with Crippen LogP contribution < -0.4 is 5.32 Å². The zero-order chi connectivity index (χ0) is 14.8. The molecule has 0 unspecified atom stereocenters. The number of nitrogens with zero attached hydrogens (tertiary/aromatic N) is 2. The van der Waals surface area contributed by atoms with Gasteiger partial charge in [-0.15, -0.1) is 0 Å². The Morgan fingerprint density at radius 2 is 2.19 bits per heavy atom. The minimum absolute atomic E-state index is 0.0888. The standard InChI is InChI=1S/C14H10ClFN4O/c15-12-8(3-1-4-9(12)16)14(21)18-7-11-19-10-5-2-6-17-13(10)20-11/h1-6H,7H2,(H,18,21)(H,17,19,20). The quantitative estimate of drug-likeness (QED) is 0.781. The number of H-pyrrole nitrogens is 1. The Morgan fingerprint density at radius 1 is 1.33 bits per heavy atom. The number of hydrogen-bond acceptors (Lipinski definition) is 3. The molecule has 0 fully saturated rings. The predicted molar refractivity (Wildman–Crippen MR) is 76.5 cm³/mol. The van der Waals surface area contributed by atoms with Gasteiger partial charge in [0.1, 0.15) is 11.6 Å². The first-order chi connectivity index (χ1) is 10.1. The van der Waals surface area contributed by atoms with Gasteiger partial charge in [-0.25, -0.2) is 14.4 Å². The number of amides is 1. The Labute approximate surface area is 124 Å². The summed E-state index contributed by atoms with van der Waals surface area (Å²) in [6.45, 7) is 0.169. The molecule has 0 spiro atoms. The summed E-state index contributed by atoms with van der Waals surface area (Å²) in [5.41, 5.74) is 1.45. The molecule has 2 heterocycles. The van der Waals surface area contributed by atoms with Crippen LogP contribution in [0, 0.1) is 5.82 Å². The SMILES string of the molecule is O=C(NCc1nc2ncccc2[nH]1)c1cccc(F)c1Cl. The van der Waals surface area contributed by atoms with E-state index in [1.807, 2.05) is 6.07 Å². The molecule has 3 aromatic rings. The first-order valence-electron chi connectivity index (χ1n) is 6.17. The Kier molecular flexibility index (Phi) is 3.53. The molecule has 1 aromatic carbocycles. The van der Waals surface area contributed by atoms with Crippen LogP contribution in [0.1, 0.15) is 16.2 Å².